The van der Waals surface area contributed by atoms with Crippen molar-refractivity contribution in [1.82, 2.24) is 20.5 Å². The molecule has 2 heterocycles. The third-order valence-electron chi connectivity index (χ3n) is 5.53. The molecule has 1 saturated heterocycles. The molecule has 0 atom stereocenters. The van der Waals surface area contributed by atoms with E-state index in [2.05, 4.69) is 20.5 Å². The number of likely N-dealkylation sites (tertiary alicyclic amines) is 1. The summed E-state index contributed by atoms with van der Waals surface area (Å²) >= 11 is 0. The van der Waals surface area contributed by atoms with Gasteiger partial charge in [0.2, 0.25) is 0 Å². The van der Waals surface area contributed by atoms with Crippen LogP contribution in [-0.2, 0) is 6.54 Å². The molecule has 0 aromatic carbocycles. The highest BCUT2D eigenvalue weighted by molar-refractivity contribution is 5.74. The number of aryl methyl sites for hydroxylation is 1. The number of urea groups is 1. The Morgan fingerprint density at radius 3 is 2.67 bits per heavy atom. The van der Waals surface area contributed by atoms with Crippen molar-refractivity contribution >= 4 is 6.03 Å². The van der Waals surface area contributed by atoms with Crippen LogP contribution in [0.5, 0.6) is 0 Å². The zero-order chi connectivity index (χ0) is 16.8. The lowest BCUT2D eigenvalue weighted by Crippen LogP contribution is -2.50. The van der Waals surface area contributed by atoms with Crippen molar-refractivity contribution in [3.05, 3.63) is 29.6 Å². The highest BCUT2D eigenvalue weighted by Crippen LogP contribution is 2.25. The average Bonchev–Trinajstić information content (AvgIpc) is 2.62. The average molecular weight is 330 g/mol. The van der Waals surface area contributed by atoms with Gasteiger partial charge in [-0.15, -0.1) is 0 Å². The van der Waals surface area contributed by atoms with Crippen molar-refractivity contribution in [2.24, 2.45) is 0 Å². The van der Waals surface area contributed by atoms with E-state index < -0.39 is 0 Å². The Labute approximate surface area is 145 Å². The van der Waals surface area contributed by atoms with Crippen LogP contribution in [0, 0.1) is 6.92 Å². The number of piperidine rings is 1. The first-order valence-corrected chi connectivity index (χ1v) is 9.40. The fourth-order valence-electron chi connectivity index (χ4n) is 3.97. The first kappa shape index (κ1) is 17.2. The van der Waals surface area contributed by atoms with Gasteiger partial charge in [0.25, 0.3) is 0 Å². The molecule has 5 nitrogen and oxygen atoms in total. The van der Waals surface area contributed by atoms with Gasteiger partial charge in [-0.1, -0.05) is 19.3 Å². The van der Waals surface area contributed by atoms with Crippen molar-refractivity contribution in [3.63, 3.8) is 0 Å². The van der Waals surface area contributed by atoms with Crippen LogP contribution in [-0.4, -0.2) is 41.1 Å². The van der Waals surface area contributed by atoms with Gasteiger partial charge in [-0.25, -0.2) is 4.79 Å². The largest absolute Gasteiger partial charge is 0.335 e. The minimum atomic E-state index is -0.0534. The molecule has 0 unspecified atom stereocenters. The number of carbonyl (C=O) groups excluding carboxylic acids is 1. The molecule has 1 aliphatic heterocycles. The van der Waals surface area contributed by atoms with Crippen LogP contribution in [0.1, 0.15) is 56.1 Å². The molecule has 2 fully saturated rings. The van der Waals surface area contributed by atoms with Crippen molar-refractivity contribution in [1.29, 1.82) is 0 Å². The molecule has 2 amide bonds. The topological polar surface area (TPSA) is 57.3 Å². The number of nitrogens with one attached hydrogen (secondary N) is 2. The van der Waals surface area contributed by atoms with E-state index in [-0.39, 0.29) is 6.03 Å². The number of carbonyl (C=O) groups is 1. The standard InChI is InChI=1S/C19H30N4O/c1-15-13-20-10-7-16(15)14-21-19(24)22-17-8-11-23(12-9-17)18-5-3-2-4-6-18/h7,10,13,17-18H,2-6,8-9,11-12,14H2,1H3,(H2,21,22,24). The number of hydrogen-bond donors (Lipinski definition) is 2. The van der Waals surface area contributed by atoms with E-state index in [0.717, 1.165) is 43.1 Å². The molecular weight excluding hydrogens is 300 g/mol. The first-order valence-electron chi connectivity index (χ1n) is 9.40. The molecule has 1 aromatic heterocycles. The SMILES string of the molecule is Cc1cnccc1CNC(=O)NC1CCN(C2CCCCC2)CC1. The van der Waals surface area contributed by atoms with Crippen molar-refractivity contribution in [2.45, 2.75) is 70.5 Å². The zero-order valence-electron chi connectivity index (χ0n) is 14.8. The molecule has 1 aliphatic carbocycles. The summed E-state index contributed by atoms with van der Waals surface area (Å²) in [6.07, 6.45) is 12.6. The highest BCUT2D eigenvalue weighted by atomic mass is 16.2. The predicted octanol–water partition coefficient (Wildman–Crippen LogP) is 2.99. The van der Waals surface area contributed by atoms with Crippen LogP contribution >= 0.6 is 0 Å². The third-order valence-corrected chi connectivity index (χ3v) is 5.53. The Balaban J connectivity index is 1.38. The monoisotopic (exact) mass is 330 g/mol. The first-order chi connectivity index (χ1) is 11.7. The Morgan fingerprint density at radius 1 is 1.21 bits per heavy atom. The fraction of sp³-hybridized carbons (Fsp3) is 0.684. The van der Waals surface area contributed by atoms with Gasteiger partial charge in [0.1, 0.15) is 0 Å². The van der Waals surface area contributed by atoms with Gasteiger partial charge in [0.15, 0.2) is 0 Å². The van der Waals surface area contributed by atoms with E-state index >= 15 is 0 Å². The van der Waals surface area contributed by atoms with Gasteiger partial charge in [-0.2, -0.15) is 0 Å². The van der Waals surface area contributed by atoms with Crippen LogP contribution in [0.2, 0.25) is 0 Å². The number of aromatic nitrogens is 1. The molecule has 24 heavy (non-hydrogen) atoms. The van der Waals surface area contributed by atoms with Gasteiger partial charge in [-0.3, -0.25) is 4.98 Å². The van der Waals surface area contributed by atoms with Gasteiger partial charge in [0, 0.05) is 44.1 Å². The zero-order valence-corrected chi connectivity index (χ0v) is 14.8. The second kappa shape index (κ2) is 8.47. The quantitative estimate of drug-likeness (QED) is 0.892. The summed E-state index contributed by atoms with van der Waals surface area (Å²) in [6.45, 7) is 4.82. The molecule has 5 heteroatoms. The Morgan fingerprint density at radius 2 is 1.96 bits per heavy atom. The molecule has 3 rings (SSSR count). The van der Waals surface area contributed by atoms with E-state index in [0.29, 0.717) is 12.6 Å². The van der Waals surface area contributed by atoms with E-state index in [1.165, 1.54) is 32.1 Å². The summed E-state index contributed by atoms with van der Waals surface area (Å²) < 4.78 is 0. The maximum Gasteiger partial charge on any atom is 0.315 e. The minimum absolute atomic E-state index is 0.0534. The number of nitrogens with zero attached hydrogens (tertiary/aromatic N) is 2. The van der Waals surface area contributed by atoms with E-state index in [1.807, 2.05) is 19.2 Å². The molecular formula is C19H30N4O. The number of amides is 2. The van der Waals surface area contributed by atoms with Crippen molar-refractivity contribution < 1.29 is 4.79 Å². The lowest BCUT2D eigenvalue weighted by molar-refractivity contribution is 0.117. The molecule has 2 N–H and O–H groups in total. The summed E-state index contributed by atoms with van der Waals surface area (Å²) in [7, 11) is 0. The van der Waals surface area contributed by atoms with Crippen LogP contribution in [0.15, 0.2) is 18.5 Å². The molecule has 0 radical (unpaired) electrons. The van der Waals surface area contributed by atoms with Crippen molar-refractivity contribution in [2.75, 3.05) is 13.1 Å². The lowest BCUT2D eigenvalue weighted by atomic mass is 9.92. The molecule has 132 valence electrons. The van der Waals surface area contributed by atoms with Crippen LogP contribution in [0.25, 0.3) is 0 Å². The molecule has 0 spiro atoms. The summed E-state index contributed by atoms with van der Waals surface area (Å²) in [6, 6.07) is 3.01. The van der Waals surface area contributed by atoms with Gasteiger partial charge in [0.05, 0.1) is 0 Å². The second-order valence-corrected chi connectivity index (χ2v) is 7.23. The summed E-state index contributed by atoms with van der Waals surface area (Å²) in [4.78, 5) is 18.9. The normalized spacial score (nSPS) is 20.7. The van der Waals surface area contributed by atoms with E-state index in [4.69, 9.17) is 0 Å². The number of rotatable bonds is 4. The van der Waals surface area contributed by atoms with E-state index in [1.54, 1.807) is 6.20 Å². The maximum atomic E-state index is 12.1. The van der Waals surface area contributed by atoms with E-state index in [9.17, 15) is 4.79 Å². The van der Waals surface area contributed by atoms with Crippen LogP contribution < -0.4 is 10.6 Å². The number of pyridine rings is 1. The number of hydrogen-bond acceptors (Lipinski definition) is 3. The minimum Gasteiger partial charge on any atom is -0.335 e. The van der Waals surface area contributed by atoms with Gasteiger partial charge >= 0.3 is 6.03 Å². The molecule has 2 aliphatic rings. The lowest BCUT2D eigenvalue weighted by Gasteiger charge is -2.39. The predicted molar refractivity (Wildman–Crippen MR) is 95.8 cm³/mol. The smallest absolute Gasteiger partial charge is 0.315 e. The highest BCUT2D eigenvalue weighted by Gasteiger charge is 2.26. The summed E-state index contributed by atoms with van der Waals surface area (Å²) in [5.41, 5.74) is 2.23. The Hall–Kier alpha value is -1.62. The van der Waals surface area contributed by atoms with Crippen molar-refractivity contribution in [3.8, 4) is 0 Å². The van der Waals surface area contributed by atoms with Crippen LogP contribution in [0.4, 0.5) is 4.79 Å². The molecule has 0 bridgehead atoms. The summed E-state index contributed by atoms with van der Waals surface area (Å²) in [5, 5.41) is 6.11. The fourth-order valence-corrected chi connectivity index (χ4v) is 3.97. The summed E-state index contributed by atoms with van der Waals surface area (Å²) in [5.74, 6) is 0. The van der Waals surface area contributed by atoms with Gasteiger partial charge < -0.3 is 15.5 Å². The molecule has 1 saturated carbocycles. The Kier molecular flexibility index (Phi) is 6.07. The van der Waals surface area contributed by atoms with Crippen LogP contribution in [0.3, 0.4) is 0 Å². The van der Waals surface area contributed by atoms with Gasteiger partial charge in [-0.05, 0) is 49.8 Å². The molecule has 1 aromatic rings. The maximum absolute atomic E-state index is 12.1. The second-order valence-electron chi connectivity index (χ2n) is 7.23. The third kappa shape index (κ3) is 4.69. The Bertz CT molecular complexity index is 534.